The number of halogens is 2. The number of quaternary nitrogens is 2. The summed E-state index contributed by atoms with van der Waals surface area (Å²) in [6, 6.07) is 0. The lowest BCUT2D eigenvalue weighted by Gasteiger charge is -2.39. The highest BCUT2D eigenvalue weighted by Gasteiger charge is 2.24. The van der Waals surface area contributed by atoms with Crippen molar-refractivity contribution in [3.63, 3.8) is 0 Å². The first-order valence-electron chi connectivity index (χ1n) is 9.88. The van der Waals surface area contributed by atoms with Crippen molar-refractivity contribution >= 4 is 0 Å². The average molecular weight is 432 g/mol. The molecule has 0 radical (unpaired) electrons. The Bertz CT molecular complexity index is 187. The van der Waals surface area contributed by atoms with E-state index in [-0.39, 0.29) is 29.4 Å². The number of nitrogens with zero attached hydrogens (tertiary/aromatic N) is 2. The maximum absolute atomic E-state index is 2.33. The number of rotatable bonds is 12. The Morgan fingerprint density at radius 2 is 0.667 bits per heavy atom. The minimum Gasteiger partial charge on any atom is -1.00 e. The zero-order valence-electron chi connectivity index (χ0n) is 18.1. The lowest BCUT2D eigenvalue weighted by Crippen LogP contribution is -3.00. The highest BCUT2D eigenvalue weighted by atomic mass is 79.9. The number of hydrogen-bond donors (Lipinski definition) is 0. The van der Waals surface area contributed by atoms with Crippen molar-refractivity contribution in [1.82, 2.24) is 0 Å². The van der Waals surface area contributed by atoms with Gasteiger partial charge in [0.05, 0.1) is 54.4 Å². The van der Waals surface area contributed by atoms with Crippen molar-refractivity contribution in [2.45, 2.75) is 79.1 Å². The molecule has 0 rings (SSSR count). The van der Waals surface area contributed by atoms with Crippen LogP contribution in [0.2, 0.25) is 0 Å². The summed E-state index contributed by atoms with van der Waals surface area (Å²) in [4.78, 5) is 0. The third kappa shape index (κ3) is 24.9. The molecule has 0 unspecified atom stereocenters. The summed E-state index contributed by atoms with van der Waals surface area (Å²) in [5, 5.41) is 0. The molecule has 152 valence electrons. The van der Waals surface area contributed by atoms with Gasteiger partial charge in [-0.15, -0.1) is 0 Å². The Kier molecular flexibility index (Phi) is 27.0. The first-order chi connectivity index (χ1) is 10.2. The highest BCUT2D eigenvalue weighted by Crippen LogP contribution is 2.16. The molecule has 2 nitrogen and oxygen atoms in total. The second-order valence-corrected chi connectivity index (χ2v) is 8.33. The fourth-order valence-corrected chi connectivity index (χ4v) is 2.64. The summed E-state index contributed by atoms with van der Waals surface area (Å²) >= 11 is 0. The second kappa shape index (κ2) is 20.0. The third-order valence-electron chi connectivity index (χ3n) is 3.94. The SMILES string of the molecule is CCCC[N+](CCCC)(CCCC)CCCC.C[N+](C)(C)C.[Br-].[Cl-]. The maximum atomic E-state index is 2.33. The van der Waals surface area contributed by atoms with Crippen molar-refractivity contribution in [1.29, 1.82) is 0 Å². The van der Waals surface area contributed by atoms with E-state index in [1.54, 1.807) is 0 Å². The maximum Gasteiger partial charge on any atom is 0.0786 e. The predicted molar refractivity (Wildman–Crippen MR) is 103 cm³/mol. The first kappa shape index (κ1) is 32.4. The largest absolute Gasteiger partial charge is 1.00 e. The Morgan fingerprint density at radius 1 is 0.500 bits per heavy atom. The normalized spacial score (nSPS) is 11.0. The molecule has 24 heavy (non-hydrogen) atoms. The summed E-state index contributed by atoms with van der Waals surface area (Å²) in [6.07, 6.45) is 11.1. The number of hydrogen-bond acceptors (Lipinski definition) is 0. The van der Waals surface area contributed by atoms with Crippen LogP contribution in [0.1, 0.15) is 79.1 Å². The topological polar surface area (TPSA) is 0 Å². The zero-order chi connectivity index (χ0) is 17.5. The summed E-state index contributed by atoms with van der Waals surface area (Å²) in [6.45, 7) is 15.0. The molecule has 0 aromatic rings. The van der Waals surface area contributed by atoms with Crippen LogP contribution in [0, 0.1) is 0 Å². The van der Waals surface area contributed by atoms with Crippen molar-refractivity contribution in [2.24, 2.45) is 0 Å². The first-order valence-corrected chi connectivity index (χ1v) is 9.88. The monoisotopic (exact) mass is 430 g/mol. The molecule has 0 bridgehead atoms. The smallest absolute Gasteiger partial charge is 0.0786 e. The van der Waals surface area contributed by atoms with Crippen molar-refractivity contribution in [3.8, 4) is 0 Å². The molecular formula is C20H48BrClN2. The van der Waals surface area contributed by atoms with E-state index in [9.17, 15) is 0 Å². The van der Waals surface area contributed by atoms with Crippen LogP contribution in [0.3, 0.4) is 0 Å². The van der Waals surface area contributed by atoms with E-state index >= 15 is 0 Å². The number of unbranched alkanes of at least 4 members (excludes halogenated alkanes) is 4. The van der Waals surface area contributed by atoms with Gasteiger partial charge in [-0.1, -0.05) is 53.4 Å². The molecule has 0 saturated heterocycles. The quantitative estimate of drug-likeness (QED) is 0.360. The molecule has 0 aliphatic carbocycles. The molecule has 0 aromatic carbocycles. The van der Waals surface area contributed by atoms with Gasteiger partial charge in [-0.05, 0) is 25.7 Å². The van der Waals surface area contributed by atoms with Gasteiger partial charge >= 0.3 is 0 Å². The van der Waals surface area contributed by atoms with E-state index in [0.717, 1.165) is 4.48 Å². The molecule has 0 spiro atoms. The van der Waals surface area contributed by atoms with Crippen molar-refractivity contribution in [2.75, 3.05) is 54.4 Å². The molecule has 0 aliphatic heterocycles. The van der Waals surface area contributed by atoms with Crippen LogP contribution in [0.25, 0.3) is 0 Å². The van der Waals surface area contributed by atoms with Crippen LogP contribution in [0.5, 0.6) is 0 Å². The van der Waals surface area contributed by atoms with E-state index in [1.165, 1.54) is 82.0 Å². The van der Waals surface area contributed by atoms with Gasteiger partial charge in [-0.25, -0.2) is 0 Å². The highest BCUT2D eigenvalue weighted by molar-refractivity contribution is 4.49. The molecule has 0 amide bonds. The summed E-state index contributed by atoms with van der Waals surface area (Å²) in [5.74, 6) is 0. The van der Waals surface area contributed by atoms with Gasteiger partial charge in [0.1, 0.15) is 0 Å². The molecule has 0 atom stereocenters. The van der Waals surface area contributed by atoms with Gasteiger partial charge in [0.2, 0.25) is 0 Å². The predicted octanol–water partition coefficient (Wildman–Crippen LogP) is -0.666. The molecule has 0 saturated carbocycles. The third-order valence-corrected chi connectivity index (χ3v) is 3.94. The van der Waals surface area contributed by atoms with E-state index in [2.05, 4.69) is 55.9 Å². The fourth-order valence-electron chi connectivity index (χ4n) is 2.64. The van der Waals surface area contributed by atoms with Crippen LogP contribution in [0.4, 0.5) is 0 Å². The average Bonchev–Trinajstić information content (AvgIpc) is 2.44. The van der Waals surface area contributed by atoms with Gasteiger partial charge in [-0.2, -0.15) is 0 Å². The minimum absolute atomic E-state index is 0. The lowest BCUT2D eigenvalue weighted by atomic mass is 10.1. The van der Waals surface area contributed by atoms with Gasteiger partial charge in [-0.3, -0.25) is 0 Å². The Morgan fingerprint density at radius 3 is 0.792 bits per heavy atom. The Labute approximate surface area is 171 Å². The summed E-state index contributed by atoms with van der Waals surface area (Å²) in [5.41, 5.74) is 0. The molecule has 0 heterocycles. The van der Waals surface area contributed by atoms with Crippen molar-refractivity contribution in [3.05, 3.63) is 0 Å². The van der Waals surface area contributed by atoms with E-state index in [1.807, 2.05) is 0 Å². The fraction of sp³-hybridized carbons (Fsp3) is 1.00. The second-order valence-electron chi connectivity index (χ2n) is 8.33. The van der Waals surface area contributed by atoms with Crippen LogP contribution in [-0.2, 0) is 0 Å². The van der Waals surface area contributed by atoms with Gasteiger partial charge in [0, 0.05) is 0 Å². The van der Waals surface area contributed by atoms with Gasteiger partial charge < -0.3 is 38.4 Å². The van der Waals surface area contributed by atoms with Gasteiger partial charge in [0.15, 0.2) is 0 Å². The molecular weight excluding hydrogens is 384 g/mol. The van der Waals surface area contributed by atoms with Gasteiger partial charge in [0.25, 0.3) is 0 Å². The molecule has 0 fully saturated rings. The van der Waals surface area contributed by atoms with Crippen LogP contribution in [0.15, 0.2) is 0 Å². The minimum atomic E-state index is 0. The Hall–Kier alpha value is 0.690. The van der Waals surface area contributed by atoms with E-state index in [4.69, 9.17) is 0 Å². The van der Waals surface area contributed by atoms with Crippen molar-refractivity contribution < 1.29 is 38.4 Å². The Balaban J connectivity index is -0.000000250. The molecule has 0 aliphatic rings. The van der Waals surface area contributed by atoms with Crippen LogP contribution >= 0.6 is 0 Å². The summed E-state index contributed by atoms with van der Waals surface area (Å²) in [7, 11) is 8.50. The zero-order valence-corrected chi connectivity index (χ0v) is 20.5. The van der Waals surface area contributed by atoms with Crippen LogP contribution in [-0.4, -0.2) is 63.3 Å². The molecule has 0 N–H and O–H groups in total. The van der Waals surface area contributed by atoms with E-state index in [0.29, 0.717) is 0 Å². The molecule has 0 aromatic heterocycles. The lowest BCUT2D eigenvalue weighted by molar-refractivity contribution is -0.929. The van der Waals surface area contributed by atoms with E-state index < -0.39 is 0 Å². The standard InChI is InChI=1S/C16H36N.C4H12N.BrH.ClH/c1-5-9-13-17(14-10-6-2,15-11-7-3)16-12-8-4;1-5(2,3)4;;/h5-16H2,1-4H3;1-4H3;2*1H/q2*+1;;/p-2. The van der Waals surface area contributed by atoms with Crippen LogP contribution < -0.4 is 29.4 Å². The molecule has 4 heteroatoms. The summed E-state index contributed by atoms with van der Waals surface area (Å²) < 4.78 is 2.42.